The molecule has 0 spiro atoms. The molecule has 0 saturated heterocycles. The Bertz CT molecular complexity index is 834. The molecule has 0 heterocycles. The van der Waals surface area contributed by atoms with Gasteiger partial charge < -0.3 is 10.6 Å². The molecule has 2 N–H and O–H groups in total. The van der Waals surface area contributed by atoms with Crippen LogP contribution in [0.15, 0.2) is 48.5 Å². The first-order valence-electron chi connectivity index (χ1n) is 11.2. The van der Waals surface area contributed by atoms with E-state index in [1.165, 1.54) is 24.8 Å². The van der Waals surface area contributed by atoms with Gasteiger partial charge in [-0.3, -0.25) is 9.59 Å². The molecule has 0 aliphatic heterocycles. The molecule has 2 aromatic rings. The molecule has 3 rings (SSSR count). The molecule has 4 heteroatoms. The van der Waals surface area contributed by atoms with Gasteiger partial charge in [-0.15, -0.1) is 0 Å². The summed E-state index contributed by atoms with van der Waals surface area (Å²) in [5.41, 5.74) is 3.64. The van der Waals surface area contributed by atoms with Crippen LogP contribution < -0.4 is 10.6 Å². The fourth-order valence-electron chi connectivity index (χ4n) is 4.04. The molecule has 4 nitrogen and oxygen atoms in total. The average Bonchev–Trinajstić information content (AvgIpc) is 2.74. The second-order valence-electron chi connectivity index (χ2n) is 8.94. The summed E-state index contributed by atoms with van der Waals surface area (Å²) >= 11 is 0. The Morgan fingerprint density at radius 3 is 2.13 bits per heavy atom. The number of amides is 2. The van der Waals surface area contributed by atoms with Crippen LogP contribution >= 0.6 is 0 Å². The van der Waals surface area contributed by atoms with Gasteiger partial charge in [-0.2, -0.15) is 0 Å². The van der Waals surface area contributed by atoms with Crippen LogP contribution in [0, 0.1) is 5.92 Å². The Balaban J connectivity index is 1.55. The molecule has 160 valence electrons. The molecule has 1 aliphatic rings. The smallest absolute Gasteiger partial charge is 0.251 e. The number of rotatable bonds is 7. The highest BCUT2D eigenvalue weighted by molar-refractivity contribution is 5.97. The van der Waals surface area contributed by atoms with E-state index >= 15 is 0 Å². The molecule has 0 bridgehead atoms. The lowest BCUT2D eigenvalue weighted by Gasteiger charge is -2.22. The maximum Gasteiger partial charge on any atom is 0.251 e. The molecule has 0 radical (unpaired) electrons. The third-order valence-corrected chi connectivity index (χ3v) is 5.87. The minimum atomic E-state index is -0.243. The topological polar surface area (TPSA) is 58.2 Å². The van der Waals surface area contributed by atoms with Gasteiger partial charge in [-0.05, 0) is 67.5 Å². The first kappa shape index (κ1) is 22.1. The lowest BCUT2D eigenvalue weighted by Crippen LogP contribution is -2.36. The van der Waals surface area contributed by atoms with Gasteiger partial charge in [0.05, 0.1) is 5.92 Å². The van der Waals surface area contributed by atoms with Crippen LogP contribution in [0.1, 0.15) is 80.3 Å². The van der Waals surface area contributed by atoms with Crippen molar-refractivity contribution in [2.24, 2.45) is 5.92 Å². The first-order chi connectivity index (χ1) is 14.4. The van der Waals surface area contributed by atoms with Crippen molar-refractivity contribution in [2.45, 2.75) is 71.3 Å². The Morgan fingerprint density at radius 1 is 0.900 bits per heavy atom. The van der Waals surface area contributed by atoms with E-state index in [-0.39, 0.29) is 17.7 Å². The van der Waals surface area contributed by atoms with Crippen molar-refractivity contribution >= 4 is 17.5 Å². The molecule has 1 fully saturated rings. The quantitative estimate of drug-likeness (QED) is 0.620. The molecule has 1 saturated carbocycles. The average molecular weight is 407 g/mol. The zero-order chi connectivity index (χ0) is 21.5. The van der Waals surface area contributed by atoms with E-state index in [2.05, 4.69) is 36.6 Å². The van der Waals surface area contributed by atoms with Crippen LogP contribution in [0.4, 0.5) is 5.69 Å². The van der Waals surface area contributed by atoms with Gasteiger partial charge >= 0.3 is 0 Å². The number of hydrogen-bond acceptors (Lipinski definition) is 2. The lowest BCUT2D eigenvalue weighted by atomic mass is 9.95. The fourth-order valence-corrected chi connectivity index (χ4v) is 4.04. The van der Waals surface area contributed by atoms with Crippen molar-refractivity contribution in [3.63, 3.8) is 0 Å². The first-order valence-corrected chi connectivity index (χ1v) is 11.2. The van der Waals surface area contributed by atoms with E-state index in [0.717, 1.165) is 24.8 Å². The monoisotopic (exact) mass is 406 g/mol. The van der Waals surface area contributed by atoms with Gasteiger partial charge in [0, 0.05) is 17.3 Å². The largest absolute Gasteiger partial charge is 0.349 e. The highest BCUT2D eigenvalue weighted by Gasteiger charge is 2.18. The predicted octanol–water partition coefficient (Wildman–Crippen LogP) is 5.69. The van der Waals surface area contributed by atoms with E-state index in [0.29, 0.717) is 23.2 Å². The summed E-state index contributed by atoms with van der Waals surface area (Å²) < 4.78 is 0. The molecule has 2 aromatic carbocycles. The molecule has 0 aromatic heterocycles. The zero-order valence-electron chi connectivity index (χ0n) is 18.4. The zero-order valence-corrected chi connectivity index (χ0v) is 18.4. The van der Waals surface area contributed by atoms with Crippen LogP contribution in [0.5, 0.6) is 0 Å². The van der Waals surface area contributed by atoms with E-state index in [1.807, 2.05) is 19.1 Å². The minimum absolute atomic E-state index is 0.0327. The Hall–Kier alpha value is -2.62. The summed E-state index contributed by atoms with van der Waals surface area (Å²) in [7, 11) is 0. The van der Waals surface area contributed by atoms with Crippen molar-refractivity contribution in [3.05, 3.63) is 65.2 Å². The number of carbonyl (C=O) groups is 2. The van der Waals surface area contributed by atoms with Gasteiger partial charge in [0.15, 0.2) is 0 Å². The number of benzene rings is 2. The molecule has 30 heavy (non-hydrogen) atoms. The van der Waals surface area contributed by atoms with E-state index in [4.69, 9.17) is 0 Å². The van der Waals surface area contributed by atoms with Crippen LogP contribution in [0.3, 0.4) is 0 Å². The van der Waals surface area contributed by atoms with Gasteiger partial charge in [0.1, 0.15) is 0 Å². The molecular weight excluding hydrogens is 372 g/mol. The molecular formula is C26H34N2O2. The summed E-state index contributed by atoms with van der Waals surface area (Å²) in [4.78, 5) is 25.1. The van der Waals surface area contributed by atoms with Crippen LogP contribution in [-0.2, 0) is 11.2 Å². The van der Waals surface area contributed by atoms with Gasteiger partial charge in [-0.25, -0.2) is 0 Å². The fraction of sp³-hybridized carbons (Fsp3) is 0.462. The van der Waals surface area contributed by atoms with Crippen molar-refractivity contribution in [2.75, 3.05) is 5.32 Å². The predicted molar refractivity (Wildman–Crippen MR) is 123 cm³/mol. The number of carbonyl (C=O) groups excluding carboxylic acids is 2. The molecule has 1 atom stereocenters. The molecule has 1 aliphatic carbocycles. The number of hydrogen-bond donors (Lipinski definition) is 2. The number of nitrogens with one attached hydrogen (secondary N) is 2. The standard InChI is InChI=1S/C26H34N2O2/c1-18(2)17-20-9-11-21(12-10-20)19(3)25(29)27-24-15-13-22(14-16-24)26(30)28-23-7-5-4-6-8-23/h9-16,18-19,23H,4-8,17H2,1-3H3,(H,27,29)(H,28,30). The van der Waals surface area contributed by atoms with Crippen LogP contribution in [0.2, 0.25) is 0 Å². The normalized spacial score (nSPS) is 15.6. The van der Waals surface area contributed by atoms with Crippen molar-refractivity contribution < 1.29 is 9.59 Å². The van der Waals surface area contributed by atoms with Gasteiger partial charge in [0.25, 0.3) is 5.91 Å². The van der Waals surface area contributed by atoms with Crippen molar-refractivity contribution in [1.29, 1.82) is 0 Å². The lowest BCUT2D eigenvalue weighted by molar-refractivity contribution is -0.117. The maximum absolute atomic E-state index is 12.7. The SMILES string of the molecule is CC(C)Cc1ccc(C(C)C(=O)Nc2ccc(C(=O)NC3CCCCC3)cc2)cc1. The molecule has 2 amide bonds. The summed E-state index contributed by atoms with van der Waals surface area (Å²) in [5.74, 6) is 0.289. The van der Waals surface area contributed by atoms with E-state index in [9.17, 15) is 9.59 Å². The minimum Gasteiger partial charge on any atom is -0.349 e. The van der Waals surface area contributed by atoms with Crippen molar-refractivity contribution in [1.82, 2.24) is 5.32 Å². The van der Waals surface area contributed by atoms with E-state index < -0.39 is 0 Å². The second-order valence-corrected chi connectivity index (χ2v) is 8.94. The second kappa shape index (κ2) is 10.4. The third-order valence-electron chi connectivity index (χ3n) is 5.87. The molecule has 1 unspecified atom stereocenters. The van der Waals surface area contributed by atoms with Gasteiger partial charge in [0.2, 0.25) is 5.91 Å². The summed E-state index contributed by atoms with van der Waals surface area (Å²) in [6, 6.07) is 15.7. The maximum atomic E-state index is 12.7. The Kier molecular flexibility index (Phi) is 7.67. The highest BCUT2D eigenvalue weighted by Crippen LogP contribution is 2.21. The third kappa shape index (κ3) is 6.19. The number of anilines is 1. The highest BCUT2D eigenvalue weighted by atomic mass is 16.2. The summed E-state index contributed by atoms with van der Waals surface area (Å²) in [5, 5.41) is 6.09. The summed E-state index contributed by atoms with van der Waals surface area (Å²) in [6.07, 6.45) is 6.82. The Morgan fingerprint density at radius 2 is 1.53 bits per heavy atom. The Labute approximate surface area is 180 Å². The van der Waals surface area contributed by atoms with Gasteiger partial charge in [-0.1, -0.05) is 57.4 Å². The summed E-state index contributed by atoms with van der Waals surface area (Å²) in [6.45, 7) is 6.32. The van der Waals surface area contributed by atoms with E-state index in [1.54, 1.807) is 24.3 Å². The van der Waals surface area contributed by atoms with Crippen LogP contribution in [-0.4, -0.2) is 17.9 Å². The van der Waals surface area contributed by atoms with Crippen molar-refractivity contribution in [3.8, 4) is 0 Å². The van der Waals surface area contributed by atoms with Crippen LogP contribution in [0.25, 0.3) is 0 Å².